The summed E-state index contributed by atoms with van der Waals surface area (Å²) in [6.07, 6.45) is 0. The first kappa shape index (κ1) is 9.63. The van der Waals surface area contributed by atoms with E-state index in [0.29, 0.717) is 0 Å². The van der Waals surface area contributed by atoms with Gasteiger partial charge < -0.3 is 8.59 Å². The smallest absolute Gasteiger partial charge is 1.00 e. The second kappa shape index (κ2) is 5.39. The van der Waals surface area contributed by atoms with Crippen LogP contribution in [0.25, 0.3) is 0 Å². The van der Waals surface area contributed by atoms with Gasteiger partial charge in [0.1, 0.15) is 0 Å². The van der Waals surface area contributed by atoms with Gasteiger partial charge in [0.05, 0.1) is 0 Å². The summed E-state index contributed by atoms with van der Waals surface area (Å²) in [4.78, 5) is 9.09. The predicted molar refractivity (Wildman–Crippen MR) is 26.5 cm³/mol. The molecule has 0 saturated carbocycles. The van der Waals surface area contributed by atoms with Gasteiger partial charge in [-0.1, -0.05) is 12.6 Å². The first-order valence-electron chi connectivity index (χ1n) is 0.716. The van der Waals surface area contributed by atoms with Crippen LogP contribution >= 0.6 is 12.6 Å². The van der Waals surface area contributed by atoms with Gasteiger partial charge in [-0.3, -0.25) is 4.79 Å². The van der Waals surface area contributed by atoms with E-state index in [1.54, 1.807) is 0 Å². The molecule has 2 N–H and O–H groups in total. The number of rotatable bonds is 0. The van der Waals surface area contributed by atoms with Crippen molar-refractivity contribution in [2.24, 2.45) is 5.73 Å². The maximum atomic E-state index is 9.09. The fourth-order valence-corrected chi connectivity index (χ4v) is 0. The first-order valence-corrected chi connectivity index (χ1v) is 1.16. The minimum atomic E-state index is -0.639. The monoisotopic (exact) mass is 217 g/mol. The standard InChI is InChI=1S/CH3NOS.Ba.2H/c2-1(3)4;;;/h(H3,2,3,4);;;/q;+2;2*-1. The number of hydrogen-bond acceptors (Lipinski definition) is 1. The SMILES string of the molecule is NC(=O)S.[Ba+2].[H-].[H-]. The number of thiol groups is 1. The van der Waals surface area contributed by atoms with Crippen molar-refractivity contribution in [3.63, 3.8) is 0 Å². The van der Waals surface area contributed by atoms with E-state index in [1.165, 1.54) is 0 Å². The third kappa shape index (κ3) is 32.0. The Hall–Kier alpha value is 1.39. The fourth-order valence-electron chi connectivity index (χ4n) is 0. The van der Waals surface area contributed by atoms with E-state index in [4.69, 9.17) is 4.79 Å². The van der Waals surface area contributed by atoms with Gasteiger partial charge in [-0.15, -0.1) is 0 Å². The summed E-state index contributed by atoms with van der Waals surface area (Å²) in [5, 5.41) is -0.639. The van der Waals surface area contributed by atoms with E-state index < -0.39 is 5.24 Å². The van der Waals surface area contributed by atoms with Gasteiger partial charge in [0, 0.05) is 0 Å². The van der Waals surface area contributed by atoms with E-state index in [0.717, 1.165) is 0 Å². The van der Waals surface area contributed by atoms with Crippen molar-refractivity contribution in [3.05, 3.63) is 0 Å². The molecule has 0 aromatic rings. The molecule has 0 aromatic heterocycles. The van der Waals surface area contributed by atoms with Crippen LogP contribution in [0.4, 0.5) is 4.79 Å². The van der Waals surface area contributed by atoms with Crippen molar-refractivity contribution >= 4 is 66.7 Å². The molecule has 4 heteroatoms. The molecule has 0 aliphatic carbocycles. The second-order valence-electron chi connectivity index (χ2n) is 0.338. The molecule has 0 saturated heterocycles. The van der Waals surface area contributed by atoms with E-state index in [2.05, 4.69) is 18.4 Å². The number of amides is 1. The van der Waals surface area contributed by atoms with Gasteiger partial charge in [0.25, 0.3) is 5.24 Å². The zero-order valence-electron chi connectivity index (χ0n) is 4.64. The van der Waals surface area contributed by atoms with Gasteiger partial charge >= 0.3 is 48.9 Å². The van der Waals surface area contributed by atoms with Crippen molar-refractivity contribution in [2.45, 2.75) is 0 Å². The Bertz CT molecular complexity index is 40.7. The fraction of sp³-hybridized carbons (Fsp3) is 0. The zero-order valence-corrected chi connectivity index (χ0v) is 7.98. The second-order valence-corrected chi connectivity index (χ2v) is 0.779. The molecular formula is CH5BaNOS. The Morgan fingerprint density at radius 2 is 2.00 bits per heavy atom. The van der Waals surface area contributed by atoms with E-state index in [9.17, 15) is 0 Å². The van der Waals surface area contributed by atoms with Crippen molar-refractivity contribution in [2.75, 3.05) is 0 Å². The number of primary amides is 1. The predicted octanol–water partition coefficient (Wildman–Crippen LogP) is -0.161. The van der Waals surface area contributed by atoms with Gasteiger partial charge in [-0.25, -0.2) is 0 Å². The van der Waals surface area contributed by atoms with Crippen molar-refractivity contribution < 1.29 is 7.65 Å². The molecule has 2 nitrogen and oxygen atoms in total. The maximum Gasteiger partial charge on any atom is 2.00 e. The Labute approximate surface area is 78.9 Å². The molecule has 0 bridgehead atoms. The van der Waals surface area contributed by atoms with E-state index >= 15 is 0 Å². The quantitative estimate of drug-likeness (QED) is 0.429. The van der Waals surface area contributed by atoms with E-state index in [-0.39, 0.29) is 51.7 Å². The first-order chi connectivity index (χ1) is 1.73. The Morgan fingerprint density at radius 3 is 2.00 bits per heavy atom. The minimum Gasteiger partial charge on any atom is -1.00 e. The van der Waals surface area contributed by atoms with Crippen molar-refractivity contribution in [3.8, 4) is 0 Å². The molecule has 28 valence electrons. The number of nitrogens with two attached hydrogens (primary N) is 1. The maximum absolute atomic E-state index is 9.09. The Balaban J connectivity index is -0.0000000150. The largest absolute Gasteiger partial charge is 2.00 e. The molecule has 5 heavy (non-hydrogen) atoms. The Kier molecular flexibility index (Phi) is 10.4. The number of carbonyl (C=O) groups is 1. The molecule has 0 unspecified atom stereocenters. The summed E-state index contributed by atoms with van der Waals surface area (Å²) in [7, 11) is 0. The van der Waals surface area contributed by atoms with Crippen molar-refractivity contribution in [1.29, 1.82) is 0 Å². The summed E-state index contributed by atoms with van der Waals surface area (Å²) in [5.74, 6) is 0. The molecule has 0 rings (SSSR count). The van der Waals surface area contributed by atoms with Gasteiger partial charge in [0.2, 0.25) is 0 Å². The third-order valence-electron chi connectivity index (χ3n) is 0. The van der Waals surface area contributed by atoms with Crippen molar-refractivity contribution in [1.82, 2.24) is 0 Å². The summed E-state index contributed by atoms with van der Waals surface area (Å²) in [5.41, 5.74) is 4.34. The molecule has 0 spiro atoms. The molecule has 0 atom stereocenters. The number of hydrogen-bond donors (Lipinski definition) is 2. The topological polar surface area (TPSA) is 43.1 Å². The number of carbonyl (C=O) groups excluding carboxylic acids is 1. The third-order valence-corrected chi connectivity index (χ3v) is 0. The van der Waals surface area contributed by atoms with Crippen LogP contribution in [-0.4, -0.2) is 54.1 Å². The molecule has 0 radical (unpaired) electrons. The van der Waals surface area contributed by atoms with Crippen LogP contribution in [0.2, 0.25) is 0 Å². The Morgan fingerprint density at radius 1 is 2.00 bits per heavy atom. The van der Waals surface area contributed by atoms with Crippen LogP contribution < -0.4 is 5.73 Å². The van der Waals surface area contributed by atoms with Gasteiger partial charge in [-0.05, 0) is 0 Å². The van der Waals surface area contributed by atoms with Crippen LogP contribution in [0.3, 0.4) is 0 Å². The summed E-state index contributed by atoms with van der Waals surface area (Å²) < 4.78 is 0. The van der Waals surface area contributed by atoms with Crippen LogP contribution in [0.15, 0.2) is 0 Å². The van der Waals surface area contributed by atoms with Crippen LogP contribution in [0.1, 0.15) is 2.85 Å². The molecule has 0 fully saturated rings. The summed E-state index contributed by atoms with van der Waals surface area (Å²) in [6, 6.07) is 0. The molecule has 0 aliphatic rings. The van der Waals surface area contributed by atoms with Gasteiger partial charge in [-0.2, -0.15) is 0 Å². The normalized spacial score (nSPS) is 5.00. The minimum absolute atomic E-state index is 0. The summed E-state index contributed by atoms with van der Waals surface area (Å²) >= 11 is 3.10. The van der Waals surface area contributed by atoms with Crippen LogP contribution in [0.5, 0.6) is 0 Å². The summed E-state index contributed by atoms with van der Waals surface area (Å²) in [6.45, 7) is 0. The van der Waals surface area contributed by atoms with Crippen LogP contribution in [0, 0.1) is 0 Å². The average Bonchev–Trinajstić information content (AvgIpc) is 0.811. The molecule has 0 heterocycles. The molecular weight excluding hydrogens is 211 g/mol. The van der Waals surface area contributed by atoms with Gasteiger partial charge in [0.15, 0.2) is 0 Å². The zero-order chi connectivity index (χ0) is 3.58. The van der Waals surface area contributed by atoms with Crippen LogP contribution in [-0.2, 0) is 0 Å². The van der Waals surface area contributed by atoms with E-state index in [1.807, 2.05) is 0 Å². The molecule has 1 amide bonds. The molecule has 0 aliphatic heterocycles. The molecule has 0 aromatic carbocycles. The average molecular weight is 216 g/mol.